The predicted molar refractivity (Wildman–Crippen MR) is 98.5 cm³/mol. The molecule has 0 aromatic carbocycles. The molecular formula is C15H22N5O9P. The fourth-order valence-electron chi connectivity index (χ4n) is 3.20. The van der Waals surface area contributed by atoms with Gasteiger partial charge in [-0.1, -0.05) is 0 Å². The molecule has 1 fully saturated rings. The van der Waals surface area contributed by atoms with Gasteiger partial charge in [-0.25, -0.2) is 19.5 Å². The van der Waals surface area contributed by atoms with Crippen molar-refractivity contribution in [1.82, 2.24) is 19.5 Å². The Hall–Kier alpha value is -2.03. The highest BCUT2D eigenvalue weighted by molar-refractivity contribution is 7.46. The number of aromatic nitrogens is 4. The number of Topliss-reactive ketones (excluding diaryl/α,β-unsaturated/α-hetero) is 1. The summed E-state index contributed by atoms with van der Waals surface area (Å²) in [5, 5.41) is 30.8. The van der Waals surface area contributed by atoms with E-state index in [1.54, 1.807) is 0 Å². The first-order valence-electron chi connectivity index (χ1n) is 8.72. The number of anilines is 1. The molecule has 1 aliphatic rings. The van der Waals surface area contributed by atoms with E-state index >= 15 is 0 Å². The van der Waals surface area contributed by atoms with Crippen LogP contribution < -0.4 is 5.73 Å². The minimum absolute atomic E-state index is 0.0615. The van der Waals surface area contributed by atoms with Crippen molar-refractivity contribution >= 4 is 30.6 Å². The van der Waals surface area contributed by atoms with E-state index in [2.05, 4.69) is 19.5 Å². The minimum atomic E-state index is -5.20. The monoisotopic (exact) mass is 447 g/mol. The van der Waals surface area contributed by atoms with E-state index in [4.69, 9.17) is 10.5 Å². The van der Waals surface area contributed by atoms with Gasteiger partial charge in [0.1, 0.15) is 30.2 Å². The summed E-state index contributed by atoms with van der Waals surface area (Å²) in [7, 11) is -5.20. The SMILES string of the molecule is CC(C)(O)CC(=O)C(OP(=O)(O)O)[C@H]1O[C@@H](n2cnc3c(N)ncnc32)[C@H](O)[C@@H]1O. The average Bonchev–Trinajstić information content (AvgIpc) is 3.14. The Morgan fingerprint density at radius 3 is 2.60 bits per heavy atom. The van der Waals surface area contributed by atoms with Gasteiger partial charge in [0.25, 0.3) is 0 Å². The van der Waals surface area contributed by atoms with Crippen LogP contribution in [-0.2, 0) is 18.6 Å². The molecule has 1 saturated heterocycles. The second kappa shape index (κ2) is 7.90. The number of ether oxygens (including phenoxy) is 1. The number of hydrogen-bond acceptors (Lipinski definition) is 11. The van der Waals surface area contributed by atoms with Crippen molar-refractivity contribution in [3.8, 4) is 0 Å². The fourth-order valence-corrected chi connectivity index (χ4v) is 3.73. The van der Waals surface area contributed by atoms with E-state index in [9.17, 15) is 34.5 Å². The molecule has 0 amide bonds. The van der Waals surface area contributed by atoms with Gasteiger partial charge < -0.3 is 35.6 Å². The molecule has 0 bridgehead atoms. The van der Waals surface area contributed by atoms with E-state index < -0.39 is 56.3 Å². The Balaban J connectivity index is 1.94. The number of nitrogens with zero attached hydrogens (tertiary/aromatic N) is 4. The van der Waals surface area contributed by atoms with Crippen LogP contribution in [0.5, 0.6) is 0 Å². The third-order valence-electron chi connectivity index (χ3n) is 4.41. The average molecular weight is 447 g/mol. The maximum atomic E-state index is 12.6. The fraction of sp³-hybridized carbons (Fsp3) is 0.600. The third kappa shape index (κ3) is 4.66. The smallest absolute Gasteiger partial charge is 0.390 e. The van der Waals surface area contributed by atoms with Crippen LogP contribution in [-0.4, -0.2) is 80.4 Å². The first-order valence-corrected chi connectivity index (χ1v) is 10.2. The van der Waals surface area contributed by atoms with Crippen LogP contribution in [0.1, 0.15) is 26.5 Å². The lowest BCUT2D eigenvalue weighted by molar-refractivity contribution is -0.143. The van der Waals surface area contributed by atoms with Crippen molar-refractivity contribution in [2.45, 2.75) is 56.5 Å². The number of phosphoric ester groups is 1. The number of ketones is 1. The molecule has 3 heterocycles. The summed E-state index contributed by atoms with van der Waals surface area (Å²) in [4.78, 5) is 42.8. The van der Waals surface area contributed by atoms with Crippen LogP contribution in [0.3, 0.4) is 0 Å². The van der Waals surface area contributed by atoms with E-state index in [0.29, 0.717) is 0 Å². The van der Waals surface area contributed by atoms with Gasteiger partial charge in [0.05, 0.1) is 11.9 Å². The van der Waals surface area contributed by atoms with Gasteiger partial charge in [-0.05, 0) is 13.8 Å². The second-order valence-electron chi connectivity index (χ2n) is 7.53. The van der Waals surface area contributed by atoms with Gasteiger partial charge in [0.15, 0.2) is 29.6 Å². The quantitative estimate of drug-likeness (QED) is 0.259. The van der Waals surface area contributed by atoms with Crippen LogP contribution in [0.2, 0.25) is 0 Å². The maximum Gasteiger partial charge on any atom is 0.470 e. The molecule has 3 rings (SSSR count). The lowest BCUT2D eigenvalue weighted by atomic mass is 9.94. The molecule has 2 aromatic heterocycles. The van der Waals surface area contributed by atoms with Gasteiger partial charge in [-0.2, -0.15) is 0 Å². The van der Waals surface area contributed by atoms with E-state index in [-0.39, 0.29) is 17.0 Å². The summed E-state index contributed by atoms with van der Waals surface area (Å²) in [6.07, 6.45) is -6.56. The minimum Gasteiger partial charge on any atom is -0.390 e. The lowest BCUT2D eigenvalue weighted by Gasteiger charge is -2.27. The Labute approximate surface area is 169 Å². The van der Waals surface area contributed by atoms with E-state index in [1.165, 1.54) is 24.7 Å². The van der Waals surface area contributed by atoms with Gasteiger partial charge in [-0.15, -0.1) is 0 Å². The zero-order chi connectivity index (χ0) is 22.4. The normalized spacial score (nSPS) is 26.2. The molecule has 5 atom stereocenters. The zero-order valence-electron chi connectivity index (χ0n) is 15.9. The van der Waals surface area contributed by atoms with Crippen molar-refractivity contribution in [1.29, 1.82) is 0 Å². The Morgan fingerprint density at radius 2 is 2.00 bits per heavy atom. The standard InChI is InChI=1S/C15H22N5O9P/c1-15(2,24)3-6(21)10(29-30(25,26)27)11-8(22)9(23)14(28-11)20-5-19-7-12(16)17-4-18-13(7)20/h4-5,8-11,14,22-24H,3H2,1-2H3,(H2,16,17,18)(H2,25,26,27)/t8-,9+,10?,11-,14+/m0/s1. The number of aliphatic hydroxyl groups excluding tert-OH is 2. The van der Waals surface area contributed by atoms with Crippen molar-refractivity contribution in [2.24, 2.45) is 0 Å². The summed E-state index contributed by atoms with van der Waals surface area (Å²) in [6.45, 7) is 2.62. The summed E-state index contributed by atoms with van der Waals surface area (Å²) >= 11 is 0. The number of nitrogens with two attached hydrogens (primary N) is 1. The molecule has 0 saturated carbocycles. The maximum absolute atomic E-state index is 12.6. The molecule has 166 valence electrons. The summed E-state index contributed by atoms with van der Waals surface area (Å²) in [5.74, 6) is -0.879. The largest absolute Gasteiger partial charge is 0.470 e. The van der Waals surface area contributed by atoms with Crippen molar-refractivity contribution in [3.63, 3.8) is 0 Å². The van der Waals surface area contributed by atoms with Crippen LogP contribution in [0.15, 0.2) is 12.7 Å². The molecule has 0 aliphatic carbocycles. The van der Waals surface area contributed by atoms with E-state index in [0.717, 1.165) is 6.33 Å². The Bertz CT molecular complexity index is 987. The van der Waals surface area contributed by atoms with Gasteiger partial charge >= 0.3 is 7.82 Å². The molecule has 1 unspecified atom stereocenters. The number of carbonyl (C=O) groups is 1. The highest BCUT2D eigenvalue weighted by atomic mass is 31.2. The molecule has 0 radical (unpaired) electrons. The Kier molecular flexibility index (Phi) is 5.97. The van der Waals surface area contributed by atoms with Gasteiger partial charge in [0, 0.05) is 6.42 Å². The number of phosphoric acid groups is 1. The Morgan fingerprint density at radius 1 is 1.33 bits per heavy atom. The number of rotatable bonds is 7. The predicted octanol–water partition coefficient (Wildman–Crippen LogP) is -1.76. The third-order valence-corrected chi connectivity index (χ3v) is 4.91. The highest BCUT2D eigenvalue weighted by Crippen LogP contribution is 2.43. The van der Waals surface area contributed by atoms with Crippen LogP contribution in [0, 0.1) is 0 Å². The number of nitrogen functional groups attached to an aromatic ring is 1. The second-order valence-corrected chi connectivity index (χ2v) is 8.72. The molecule has 14 nitrogen and oxygen atoms in total. The molecular weight excluding hydrogens is 425 g/mol. The summed E-state index contributed by atoms with van der Waals surface area (Å²) < 4.78 is 22.8. The molecule has 1 aliphatic heterocycles. The first kappa shape index (κ1) is 22.7. The highest BCUT2D eigenvalue weighted by Gasteiger charge is 2.51. The number of aliphatic hydroxyl groups is 3. The molecule has 2 aromatic rings. The number of carbonyl (C=O) groups excluding carboxylic acids is 1. The molecule has 15 heteroatoms. The van der Waals surface area contributed by atoms with Crippen molar-refractivity contribution in [3.05, 3.63) is 12.7 Å². The lowest BCUT2D eigenvalue weighted by Crippen LogP contribution is -2.45. The summed E-state index contributed by atoms with van der Waals surface area (Å²) in [6, 6.07) is 0. The van der Waals surface area contributed by atoms with Crippen molar-refractivity contribution in [2.75, 3.05) is 5.73 Å². The van der Waals surface area contributed by atoms with Gasteiger partial charge in [-0.3, -0.25) is 13.9 Å². The molecule has 30 heavy (non-hydrogen) atoms. The number of imidazole rings is 1. The molecule has 7 N–H and O–H groups in total. The number of hydrogen-bond donors (Lipinski definition) is 6. The van der Waals surface area contributed by atoms with Crippen LogP contribution >= 0.6 is 7.82 Å². The topological polar surface area (TPSA) is 223 Å². The number of fused-ring (bicyclic) bond motifs is 1. The first-order chi connectivity index (χ1) is 13.8. The molecule has 0 spiro atoms. The summed E-state index contributed by atoms with van der Waals surface area (Å²) in [5.41, 5.74) is 4.56. The van der Waals surface area contributed by atoms with Crippen molar-refractivity contribution < 1.29 is 43.7 Å². The van der Waals surface area contributed by atoms with Gasteiger partial charge in [0.2, 0.25) is 0 Å². The van der Waals surface area contributed by atoms with Crippen LogP contribution in [0.4, 0.5) is 5.82 Å². The van der Waals surface area contributed by atoms with E-state index in [1.807, 2.05) is 0 Å². The van der Waals surface area contributed by atoms with Crippen LogP contribution in [0.25, 0.3) is 11.2 Å². The zero-order valence-corrected chi connectivity index (χ0v) is 16.8.